The van der Waals surface area contributed by atoms with Crippen LogP contribution in [-0.2, 0) is 12.8 Å². The molecule has 1 heterocycles. The number of aryl methyl sites for hydroxylation is 1. The normalized spacial score (nSPS) is 19.3. The van der Waals surface area contributed by atoms with E-state index in [4.69, 9.17) is 17.4 Å². The smallest absolute Gasteiger partial charge is 0.127 e. The van der Waals surface area contributed by atoms with E-state index in [2.05, 4.69) is 16.9 Å². The molecule has 0 aliphatic heterocycles. The molecule has 1 aliphatic rings. The van der Waals surface area contributed by atoms with E-state index in [1.807, 2.05) is 11.3 Å². The van der Waals surface area contributed by atoms with Crippen LogP contribution in [0.3, 0.4) is 0 Å². The molecule has 0 radical (unpaired) electrons. The second-order valence-corrected chi connectivity index (χ2v) is 6.95. The van der Waals surface area contributed by atoms with Gasteiger partial charge < -0.3 is 0 Å². The van der Waals surface area contributed by atoms with Crippen LogP contribution in [-0.4, -0.2) is 6.04 Å². The average Bonchev–Trinajstić information content (AvgIpc) is 2.95. The zero-order valence-electron chi connectivity index (χ0n) is 11.6. The molecule has 0 bridgehead atoms. The van der Waals surface area contributed by atoms with Gasteiger partial charge in [-0.05, 0) is 60.4 Å². The molecule has 2 nitrogen and oxygen atoms in total. The summed E-state index contributed by atoms with van der Waals surface area (Å²) >= 11 is 7.62. The maximum Gasteiger partial charge on any atom is 0.127 e. The molecule has 3 N–H and O–H groups in total. The first kappa shape index (κ1) is 15.0. The number of nitrogens with two attached hydrogens (primary N) is 1. The third kappa shape index (κ3) is 3.14. The highest BCUT2D eigenvalue weighted by atomic mass is 35.5. The number of nitrogens with one attached hydrogen (secondary N) is 1. The van der Waals surface area contributed by atoms with E-state index in [9.17, 15) is 4.39 Å². The van der Waals surface area contributed by atoms with Gasteiger partial charge in [0.15, 0.2) is 0 Å². The highest BCUT2D eigenvalue weighted by Crippen LogP contribution is 2.37. The van der Waals surface area contributed by atoms with Gasteiger partial charge in [0.05, 0.1) is 0 Å². The molecule has 0 saturated heterocycles. The van der Waals surface area contributed by atoms with E-state index in [1.165, 1.54) is 22.9 Å². The first-order valence-corrected chi connectivity index (χ1v) is 8.41. The van der Waals surface area contributed by atoms with Crippen molar-refractivity contribution in [1.82, 2.24) is 5.43 Å². The Hall–Kier alpha value is -0.940. The van der Waals surface area contributed by atoms with Crippen LogP contribution in [0.4, 0.5) is 4.39 Å². The summed E-state index contributed by atoms with van der Waals surface area (Å²) in [6.45, 7) is 0. The fourth-order valence-corrected chi connectivity index (χ4v) is 4.34. The molecule has 112 valence electrons. The Balaban J connectivity index is 1.83. The van der Waals surface area contributed by atoms with Crippen molar-refractivity contribution >= 4 is 22.9 Å². The van der Waals surface area contributed by atoms with Crippen LogP contribution in [0.25, 0.3) is 0 Å². The topological polar surface area (TPSA) is 38.0 Å². The highest BCUT2D eigenvalue weighted by Gasteiger charge is 2.28. The molecule has 1 aromatic heterocycles. The van der Waals surface area contributed by atoms with Gasteiger partial charge in [0.25, 0.3) is 0 Å². The maximum absolute atomic E-state index is 14.0. The summed E-state index contributed by atoms with van der Waals surface area (Å²) in [7, 11) is 0. The SMILES string of the molecule is NNC(Cc1ccc(Cl)cc1F)C1CCCc2sccc21. The molecule has 0 amide bonds. The minimum atomic E-state index is -0.260. The van der Waals surface area contributed by atoms with Gasteiger partial charge in [-0.1, -0.05) is 17.7 Å². The lowest BCUT2D eigenvalue weighted by molar-refractivity contribution is 0.393. The fourth-order valence-electron chi connectivity index (χ4n) is 3.18. The van der Waals surface area contributed by atoms with Crippen LogP contribution in [0.15, 0.2) is 29.6 Å². The molecule has 3 rings (SSSR count). The molecule has 0 spiro atoms. The molecular weight excluding hydrogens is 307 g/mol. The van der Waals surface area contributed by atoms with E-state index in [1.54, 1.807) is 12.1 Å². The van der Waals surface area contributed by atoms with Gasteiger partial charge in [0.1, 0.15) is 5.82 Å². The summed E-state index contributed by atoms with van der Waals surface area (Å²) in [5.74, 6) is 5.85. The van der Waals surface area contributed by atoms with Crippen molar-refractivity contribution in [3.63, 3.8) is 0 Å². The lowest BCUT2D eigenvalue weighted by Crippen LogP contribution is -2.42. The average molecular weight is 325 g/mol. The number of hydrogen-bond donors (Lipinski definition) is 2. The molecule has 1 aliphatic carbocycles. The van der Waals surface area contributed by atoms with Crippen LogP contribution in [0, 0.1) is 5.82 Å². The first-order valence-electron chi connectivity index (χ1n) is 7.15. The maximum atomic E-state index is 14.0. The van der Waals surface area contributed by atoms with Crippen molar-refractivity contribution < 1.29 is 4.39 Å². The molecule has 2 aromatic rings. The van der Waals surface area contributed by atoms with E-state index >= 15 is 0 Å². The third-order valence-electron chi connectivity index (χ3n) is 4.25. The van der Waals surface area contributed by atoms with Gasteiger partial charge in [-0.3, -0.25) is 11.3 Å². The van der Waals surface area contributed by atoms with E-state index in [0.29, 0.717) is 22.9 Å². The van der Waals surface area contributed by atoms with Gasteiger partial charge in [-0.2, -0.15) is 0 Å². The summed E-state index contributed by atoms with van der Waals surface area (Å²) in [6.07, 6.45) is 3.98. The predicted molar refractivity (Wildman–Crippen MR) is 86.2 cm³/mol. The Morgan fingerprint density at radius 1 is 1.43 bits per heavy atom. The second kappa shape index (κ2) is 6.44. The Bertz CT molecular complexity index is 628. The van der Waals surface area contributed by atoms with E-state index in [-0.39, 0.29) is 11.9 Å². The molecule has 0 fully saturated rings. The standard InChI is InChI=1S/C16H18ClFN2S/c17-11-5-4-10(14(18)9-11)8-15(20-19)12-2-1-3-16-13(12)6-7-21-16/h4-7,9,12,15,20H,1-3,8,19H2. The Kier molecular flexibility index (Phi) is 4.60. The zero-order valence-corrected chi connectivity index (χ0v) is 13.2. The van der Waals surface area contributed by atoms with Crippen molar-refractivity contribution in [2.75, 3.05) is 0 Å². The largest absolute Gasteiger partial charge is 0.271 e. The number of benzene rings is 1. The summed E-state index contributed by atoms with van der Waals surface area (Å²) in [5.41, 5.74) is 4.93. The molecule has 1 aromatic carbocycles. The molecule has 5 heteroatoms. The van der Waals surface area contributed by atoms with Crippen LogP contribution in [0.5, 0.6) is 0 Å². The summed E-state index contributed by atoms with van der Waals surface area (Å²) in [6, 6.07) is 7.06. The highest BCUT2D eigenvalue weighted by molar-refractivity contribution is 7.10. The molecular formula is C16H18ClFN2S. The lowest BCUT2D eigenvalue weighted by atomic mass is 9.80. The van der Waals surface area contributed by atoms with Crippen molar-refractivity contribution in [3.8, 4) is 0 Å². The zero-order chi connectivity index (χ0) is 14.8. The molecule has 0 saturated carbocycles. The van der Waals surface area contributed by atoms with Crippen LogP contribution in [0.2, 0.25) is 5.02 Å². The van der Waals surface area contributed by atoms with Crippen molar-refractivity contribution in [2.24, 2.45) is 5.84 Å². The molecule has 2 unspecified atom stereocenters. The monoisotopic (exact) mass is 324 g/mol. The number of hydrogen-bond acceptors (Lipinski definition) is 3. The van der Waals surface area contributed by atoms with Gasteiger partial charge in [-0.15, -0.1) is 11.3 Å². The number of halogens is 2. The summed E-state index contributed by atoms with van der Waals surface area (Å²) < 4.78 is 14.0. The van der Waals surface area contributed by atoms with E-state index in [0.717, 1.165) is 12.8 Å². The Labute approximate surface area is 133 Å². The van der Waals surface area contributed by atoms with Gasteiger partial charge in [0, 0.05) is 21.9 Å². The third-order valence-corrected chi connectivity index (χ3v) is 5.48. The summed E-state index contributed by atoms with van der Waals surface area (Å²) in [5, 5.41) is 2.56. The summed E-state index contributed by atoms with van der Waals surface area (Å²) in [4.78, 5) is 1.45. The minimum Gasteiger partial charge on any atom is -0.271 e. The van der Waals surface area contributed by atoms with Crippen molar-refractivity contribution in [3.05, 3.63) is 56.5 Å². The Morgan fingerprint density at radius 3 is 3.05 bits per heavy atom. The van der Waals surface area contributed by atoms with Crippen LogP contribution in [0.1, 0.15) is 34.8 Å². The minimum absolute atomic E-state index is 0.0364. The van der Waals surface area contributed by atoms with Gasteiger partial charge in [0.2, 0.25) is 0 Å². The number of hydrazine groups is 1. The van der Waals surface area contributed by atoms with Crippen LogP contribution < -0.4 is 11.3 Å². The van der Waals surface area contributed by atoms with Gasteiger partial charge >= 0.3 is 0 Å². The predicted octanol–water partition coefficient (Wildman–Crippen LogP) is 4.04. The number of thiophene rings is 1. The lowest BCUT2D eigenvalue weighted by Gasteiger charge is -2.30. The number of fused-ring (bicyclic) bond motifs is 1. The van der Waals surface area contributed by atoms with Crippen molar-refractivity contribution in [1.29, 1.82) is 0 Å². The van der Waals surface area contributed by atoms with Crippen molar-refractivity contribution in [2.45, 2.75) is 37.6 Å². The first-order chi connectivity index (χ1) is 10.2. The van der Waals surface area contributed by atoms with Crippen LogP contribution >= 0.6 is 22.9 Å². The van der Waals surface area contributed by atoms with Gasteiger partial charge in [-0.25, -0.2) is 4.39 Å². The quantitative estimate of drug-likeness (QED) is 0.658. The molecule has 2 atom stereocenters. The number of rotatable bonds is 4. The van der Waals surface area contributed by atoms with E-state index < -0.39 is 0 Å². The Morgan fingerprint density at radius 2 is 2.29 bits per heavy atom. The molecule has 21 heavy (non-hydrogen) atoms. The fraction of sp³-hybridized carbons (Fsp3) is 0.375. The second-order valence-electron chi connectivity index (χ2n) is 5.51.